The molecule has 1 aliphatic rings. The zero-order valence-electron chi connectivity index (χ0n) is 24.5. The largest absolute Gasteiger partial charge is 0.488 e. The summed E-state index contributed by atoms with van der Waals surface area (Å²) >= 11 is 0. The first-order valence-corrected chi connectivity index (χ1v) is 14.3. The standard InChI is InChI=1S/C32H35FN6O4/c1-4-42-26-10-6-14-35-30(26)43-22-8-7-15-39(20-22)29-19-34-18-28(38-29)37-27-11-5-9-25(36-27)23-16-21(12-13-24(23)33)17-32(2,3)31(40)41/h5-6,9-14,16,18-19,22H,4,7-8,15,17,20H2,1-3H3,(H,40,41)(H,36,37,38). The van der Waals surface area contributed by atoms with E-state index in [9.17, 15) is 14.3 Å². The molecule has 10 nitrogen and oxygen atoms in total. The Balaban J connectivity index is 1.29. The Morgan fingerprint density at radius 2 is 2.00 bits per heavy atom. The summed E-state index contributed by atoms with van der Waals surface area (Å²) in [5.41, 5.74) is 0.435. The second-order valence-electron chi connectivity index (χ2n) is 11.0. The van der Waals surface area contributed by atoms with Gasteiger partial charge in [-0.15, -0.1) is 0 Å². The first kappa shape index (κ1) is 29.7. The summed E-state index contributed by atoms with van der Waals surface area (Å²) in [6, 6.07) is 13.5. The Morgan fingerprint density at radius 3 is 2.81 bits per heavy atom. The molecule has 5 rings (SSSR count). The number of hydrogen-bond donors (Lipinski definition) is 2. The molecular weight excluding hydrogens is 551 g/mol. The van der Waals surface area contributed by atoms with Gasteiger partial charge in [-0.25, -0.2) is 19.3 Å². The number of rotatable bonds is 11. The maximum atomic E-state index is 14.9. The van der Waals surface area contributed by atoms with Crippen LogP contribution in [0.2, 0.25) is 0 Å². The van der Waals surface area contributed by atoms with Crippen molar-refractivity contribution >= 4 is 23.4 Å². The normalized spacial score (nSPS) is 15.2. The average Bonchev–Trinajstić information content (AvgIpc) is 2.99. The third-order valence-electron chi connectivity index (χ3n) is 7.18. The van der Waals surface area contributed by atoms with Gasteiger partial charge in [0.1, 0.15) is 23.6 Å². The van der Waals surface area contributed by atoms with E-state index in [1.165, 1.54) is 6.07 Å². The van der Waals surface area contributed by atoms with Crippen LogP contribution in [0.1, 0.15) is 39.2 Å². The number of carboxylic acids is 1. The van der Waals surface area contributed by atoms with Gasteiger partial charge in [0.25, 0.3) is 5.88 Å². The molecule has 1 aliphatic heterocycles. The van der Waals surface area contributed by atoms with E-state index in [2.05, 4.69) is 25.2 Å². The first-order valence-electron chi connectivity index (χ1n) is 14.3. The summed E-state index contributed by atoms with van der Waals surface area (Å²) in [5.74, 6) is 1.41. The van der Waals surface area contributed by atoms with Crippen molar-refractivity contribution in [3.63, 3.8) is 0 Å². The highest BCUT2D eigenvalue weighted by atomic mass is 19.1. The fourth-order valence-electron chi connectivity index (χ4n) is 4.95. The number of benzene rings is 1. The van der Waals surface area contributed by atoms with E-state index in [4.69, 9.17) is 14.5 Å². The lowest BCUT2D eigenvalue weighted by Gasteiger charge is -2.33. The Labute approximate surface area is 250 Å². The van der Waals surface area contributed by atoms with Crippen molar-refractivity contribution in [3.8, 4) is 22.9 Å². The number of carboxylic acid groups (broad SMARTS) is 1. The summed E-state index contributed by atoms with van der Waals surface area (Å²) in [5, 5.41) is 12.7. The number of nitrogens with zero attached hydrogens (tertiary/aromatic N) is 5. The topological polar surface area (TPSA) is 123 Å². The van der Waals surface area contributed by atoms with E-state index in [0.717, 1.165) is 19.4 Å². The zero-order chi connectivity index (χ0) is 30.4. The minimum absolute atomic E-state index is 0.0913. The van der Waals surface area contributed by atoms with Crippen LogP contribution in [-0.4, -0.2) is 56.8 Å². The van der Waals surface area contributed by atoms with Crippen LogP contribution < -0.4 is 19.7 Å². The fraction of sp³-hybridized carbons (Fsp3) is 0.344. The number of hydrogen-bond acceptors (Lipinski definition) is 9. The molecule has 1 atom stereocenters. The third-order valence-corrected chi connectivity index (χ3v) is 7.18. The zero-order valence-corrected chi connectivity index (χ0v) is 24.5. The molecule has 0 aliphatic carbocycles. The molecule has 0 bridgehead atoms. The van der Waals surface area contributed by atoms with Gasteiger partial charge < -0.3 is 24.8 Å². The molecule has 224 valence electrons. The van der Waals surface area contributed by atoms with Crippen LogP contribution >= 0.6 is 0 Å². The molecule has 1 saturated heterocycles. The van der Waals surface area contributed by atoms with Crippen molar-refractivity contribution in [2.75, 3.05) is 29.9 Å². The molecule has 4 heterocycles. The van der Waals surface area contributed by atoms with E-state index >= 15 is 0 Å². The lowest BCUT2D eigenvalue weighted by atomic mass is 9.85. The number of ether oxygens (including phenoxy) is 2. The second-order valence-corrected chi connectivity index (χ2v) is 11.0. The quantitative estimate of drug-likeness (QED) is 0.219. The van der Waals surface area contributed by atoms with Gasteiger partial charge in [0, 0.05) is 18.3 Å². The van der Waals surface area contributed by atoms with E-state index in [-0.39, 0.29) is 12.5 Å². The van der Waals surface area contributed by atoms with Crippen LogP contribution in [0.5, 0.6) is 11.6 Å². The predicted molar refractivity (Wildman–Crippen MR) is 161 cm³/mol. The van der Waals surface area contributed by atoms with Gasteiger partial charge in [-0.2, -0.15) is 0 Å². The first-order chi connectivity index (χ1) is 20.7. The van der Waals surface area contributed by atoms with Crippen LogP contribution in [0.25, 0.3) is 11.3 Å². The van der Waals surface area contributed by atoms with Crippen LogP contribution in [0.4, 0.5) is 21.8 Å². The number of anilines is 3. The Kier molecular flexibility index (Phi) is 8.98. The van der Waals surface area contributed by atoms with Crippen LogP contribution in [0.15, 0.2) is 67.1 Å². The Bertz CT molecular complexity index is 1580. The highest BCUT2D eigenvalue weighted by Crippen LogP contribution is 2.30. The second kappa shape index (κ2) is 13.0. The summed E-state index contributed by atoms with van der Waals surface area (Å²) in [4.78, 5) is 31.8. The fourth-order valence-corrected chi connectivity index (χ4v) is 4.95. The minimum Gasteiger partial charge on any atom is -0.488 e. The number of carbonyl (C=O) groups is 1. The molecule has 2 N–H and O–H groups in total. The summed E-state index contributed by atoms with van der Waals surface area (Å²) in [6.07, 6.45) is 6.97. The molecule has 1 fully saturated rings. The number of pyridine rings is 2. The molecule has 0 saturated carbocycles. The van der Waals surface area contributed by atoms with Gasteiger partial charge in [0.2, 0.25) is 0 Å². The molecule has 0 amide bonds. The third kappa shape index (κ3) is 7.35. The van der Waals surface area contributed by atoms with Crippen LogP contribution in [-0.2, 0) is 11.2 Å². The number of halogens is 1. The number of nitrogens with one attached hydrogen (secondary N) is 1. The number of aromatic nitrogens is 4. The summed E-state index contributed by atoms with van der Waals surface area (Å²) in [6.45, 7) is 7.16. The van der Waals surface area contributed by atoms with Crippen LogP contribution in [0, 0.1) is 11.2 Å². The molecule has 3 aromatic heterocycles. The van der Waals surface area contributed by atoms with Crippen molar-refractivity contribution in [1.82, 2.24) is 19.9 Å². The summed E-state index contributed by atoms with van der Waals surface area (Å²) < 4.78 is 26.7. The van der Waals surface area contributed by atoms with Crippen LogP contribution in [0.3, 0.4) is 0 Å². The highest BCUT2D eigenvalue weighted by Gasteiger charge is 2.28. The Morgan fingerprint density at radius 1 is 1.14 bits per heavy atom. The molecule has 43 heavy (non-hydrogen) atoms. The molecule has 0 radical (unpaired) electrons. The van der Waals surface area contributed by atoms with Gasteiger partial charge in [-0.3, -0.25) is 9.78 Å². The smallest absolute Gasteiger partial charge is 0.309 e. The van der Waals surface area contributed by atoms with Gasteiger partial charge in [0.05, 0.1) is 36.7 Å². The van der Waals surface area contributed by atoms with Crippen molar-refractivity contribution in [3.05, 3.63) is 78.5 Å². The summed E-state index contributed by atoms with van der Waals surface area (Å²) in [7, 11) is 0. The maximum absolute atomic E-state index is 14.9. The molecule has 1 unspecified atom stereocenters. The number of piperidine rings is 1. The molecule has 0 spiro atoms. The maximum Gasteiger partial charge on any atom is 0.309 e. The minimum atomic E-state index is -0.985. The predicted octanol–water partition coefficient (Wildman–Crippen LogP) is 5.92. The molecule has 4 aromatic rings. The van der Waals surface area contributed by atoms with Gasteiger partial charge in [0.15, 0.2) is 11.6 Å². The van der Waals surface area contributed by atoms with Gasteiger partial charge >= 0.3 is 5.97 Å². The lowest BCUT2D eigenvalue weighted by molar-refractivity contribution is -0.146. The van der Waals surface area contributed by atoms with Crippen molar-refractivity contribution in [2.45, 2.75) is 46.1 Å². The molecular formula is C32H35FN6O4. The van der Waals surface area contributed by atoms with E-state index in [1.807, 2.05) is 19.1 Å². The SMILES string of the molecule is CCOc1cccnc1OC1CCCN(c2cncc(Nc3cccc(-c4cc(CC(C)(C)C(=O)O)ccc4F)n3)n2)C1. The van der Waals surface area contributed by atoms with E-state index in [0.29, 0.717) is 59.1 Å². The van der Waals surface area contributed by atoms with Crippen molar-refractivity contribution in [2.24, 2.45) is 5.41 Å². The van der Waals surface area contributed by atoms with Crippen molar-refractivity contribution < 1.29 is 23.8 Å². The van der Waals surface area contributed by atoms with Gasteiger partial charge in [-0.05, 0) is 82.0 Å². The van der Waals surface area contributed by atoms with Crippen molar-refractivity contribution in [1.29, 1.82) is 0 Å². The Hall–Kier alpha value is -4.80. The lowest BCUT2D eigenvalue weighted by Crippen LogP contribution is -2.41. The molecule has 1 aromatic carbocycles. The number of aliphatic carboxylic acids is 1. The monoisotopic (exact) mass is 586 g/mol. The van der Waals surface area contributed by atoms with Gasteiger partial charge in [-0.1, -0.05) is 12.1 Å². The molecule has 11 heteroatoms. The average molecular weight is 587 g/mol. The van der Waals surface area contributed by atoms with E-state index in [1.54, 1.807) is 62.8 Å². The highest BCUT2D eigenvalue weighted by molar-refractivity contribution is 5.74. The van der Waals surface area contributed by atoms with E-state index < -0.39 is 17.2 Å².